The van der Waals surface area contributed by atoms with Crippen LogP contribution in [0, 0.1) is 18.3 Å². The van der Waals surface area contributed by atoms with Crippen LogP contribution in [0.5, 0.6) is 0 Å². The molecule has 1 aliphatic heterocycles. The Balaban J connectivity index is 1.78. The summed E-state index contributed by atoms with van der Waals surface area (Å²) < 4.78 is 1.94. The number of aromatic nitrogens is 3. The van der Waals surface area contributed by atoms with Crippen LogP contribution in [-0.2, 0) is 11.3 Å². The van der Waals surface area contributed by atoms with Gasteiger partial charge in [-0.15, -0.1) is 28.1 Å². The van der Waals surface area contributed by atoms with Crippen molar-refractivity contribution in [2.24, 2.45) is 0 Å². The maximum atomic E-state index is 12.7. The van der Waals surface area contributed by atoms with E-state index in [1.807, 2.05) is 16.9 Å². The first-order valence-corrected chi connectivity index (χ1v) is 8.88. The van der Waals surface area contributed by atoms with Crippen LogP contribution in [-0.4, -0.2) is 32.5 Å². The van der Waals surface area contributed by atoms with E-state index in [-0.39, 0.29) is 11.2 Å². The van der Waals surface area contributed by atoms with Crippen molar-refractivity contribution in [1.82, 2.24) is 14.8 Å². The van der Waals surface area contributed by atoms with Crippen LogP contribution in [0.3, 0.4) is 0 Å². The molecule has 118 valence electrons. The highest BCUT2D eigenvalue weighted by atomic mass is 32.2. The number of nitrogens with zero attached hydrogens (tertiary/aromatic N) is 5. The van der Waals surface area contributed by atoms with E-state index in [2.05, 4.69) is 22.8 Å². The Morgan fingerprint density at radius 3 is 3.17 bits per heavy atom. The monoisotopic (exact) mass is 345 g/mol. The minimum absolute atomic E-state index is 0.0276. The molecule has 0 N–H and O–H groups in total. The Labute approximate surface area is 142 Å². The minimum Gasteiger partial charge on any atom is -0.302 e. The lowest BCUT2D eigenvalue weighted by atomic mass is 10.3. The second kappa shape index (κ2) is 6.56. The fourth-order valence-corrected chi connectivity index (χ4v) is 4.49. The van der Waals surface area contributed by atoms with Gasteiger partial charge in [-0.1, -0.05) is 17.8 Å². The SMILES string of the molecule is C=CCn1c(C)nnc1S[C@@H]1CCN(c2sccc2C#N)C1=O. The zero-order chi connectivity index (χ0) is 16.4. The van der Waals surface area contributed by atoms with Gasteiger partial charge in [0.2, 0.25) is 5.91 Å². The van der Waals surface area contributed by atoms with Gasteiger partial charge >= 0.3 is 0 Å². The summed E-state index contributed by atoms with van der Waals surface area (Å²) in [5, 5.41) is 20.5. The number of amides is 1. The number of thioether (sulfide) groups is 1. The van der Waals surface area contributed by atoms with Gasteiger partial charge < -0.3 is 9.47 Å². The summed E-state index contributed by atoms with van der Waals surface area (Å²) in [6, 6.07) is 3.89. The molecule has 0 saturated carbocycles. The van der Waals surface area contributed by atoms with Crippen LogP contribution in [0.1, 0.15) is 17.8 Å². The summed E-state index contributed by atoms with van der Waals surface area (Å²) in [7, 11) is 0. The number of anilines is 1. The fraction of sp³-hybridized carbons (Fsp3) is 0.333. The first-order chi connectivity index (χ1) is 11.2. The topological polar surface area (TPSA) is 74.8 Å². The highest BCUT2D eigenvalue weighted by molar-refractivity contribution is 8.00. The number of hydrogen-bond acceptors (Lipinski definition) is 6. The molecular formula is C15H15N5OS2. The highest BCUT2D eigenvalue weighted by Gasteiger charge is 2.36. The maximum Gasteiger partial charge on any atom is 0.241 e. The molecule has 8 heteroatoms. The van der Waals surface area contributed by atoms with Crippen LogP contribution in [0.25, 0.3) is 0 Å². The van der Waals surface area contributed by atoms with E-state index in [1.165, 1.54) is 23.1 Å². The van der Waals surface area contributed by atoms with Crippen LogP contribution in [0.15, 0.2) is 29.3 Å². The number of nitriles is 1. The Morgan fingerprint density at radius 2 is 2.43 bits per heavy atom. The number of carbonyl (C=O) groups excluding carboxylic acids is 1. The van der Waals surface area contributed by atoms with Crippen molar-refractivity contribution >= 4 is 34.0 Å². The lowest BCUT2D eigenvalue weighted by Gasteiger charge is -2.15. The second-order valence-electron chi connectivity index (χ2n) is 5.07. The van der Waals surface area contributed by atoms with Gasteiger partial charge in [0.1, 0.15) is 16.9 Å². The van der Waals surface area contributed by atoms with Gasteiger partial charge in [0.25, 0.3) is 0 Å². The summed E-state index contributed by atoms with van der Waals surface area (Å²) in [6.07, 6.45) is 2.51. The normalized spacial score (nSPS) is 17.5. The summed E-state index contributed by atoms with van der Waals surface area (Å²) >= 11 is 2.86. The Morgan fingerprint density at radius 1 is 1.61 bits per heavy atom. The Hall–Kier alpha value is -2.11. The molecule has 0 aromatic carbocycles. The highest BCUT2D eigenvalue weighted by Crippen LogP contribution is 2.36. The van der Waals surface area contributed by atoms with Gasteiger partial charge in [-0.3, -0.25) is 4.79 Å². The van der Waals surface area contributed by atoms with E-state index >= 15 is 0 Å². The number of allylic oxidation sites excluding steroid dienone is 1. The molecule has 0 unspecified atom stereocenters. The first-order valence-electron chi connectivity index (χ1n) is 7.12. The molecule has 0 radical (unpaired) electrons. The van der Waals surface area contributed by atoms with Crippen LogP contribution in [0.2, 0.25) is 0 Å². The van der Waals surface area contributed by atoms with E-state index < -0.39 is 0 Å². The molecule has 1 aliphatic rings. The summed E-state index contributed by atoms with van der Waals surface area (Å²) in [4.78, 5) is 14.4. The van der Waals surface area contributed by atoms with Gasteiger partial charge in [0.05, 0.1) is 10.8 Å². The molecule has 2 aromatic heterocycles. The van der Waals surface area contributed by atoms with Gasteiger partial charge in [-0.2, -0.15) is 5.26 Å². The van der Waals surface area contributed by atoms with Crippen LogP contribution in [0.4, 0.5) is 5.00 Å². The molecule has 1 atom stereocenters. The largest absolute Gasteiger partial charge is 0.302 e. The summed E-state index contributed by atoms with van der Waals surface area (Å²) in [6.45, 7) is 6.87. The Bertz CT molecular complexity index is 788. The van der Waals surface area contributed by atoms with Crippen molar-refractivity contribution in [1.29, 1.82) is 5.26 Å². The Kier molecular flexibility index (Phi) is 4.50. The number of carbonyl (C=O) groups is 1. The van der Waals surface area contributed by atoms with E-state index in [4.69, 9.17) is 5.26 Å². The number of aryl methyl sites for hydroxylation is 1. The van der Waals surface area contributed by atoms with Crippen molar-refractivity contribution < 1.29 is 4.79 Å². The molecule has 3 rings (SSSR count). The average molecular weight is 345 g/mol. The van der Waals surface area contributed by atoms with E-state index in [1.54, 1.807) is 17.0 Å². The van der Waals surface area contributed by atoms with E-state index in [0.717, 1.165) is 22.4 Å². The molecule has 0 aliphatic carbocycles. The predicted octanol–water partition coefficient (Wildman–Crippen LogP) is 2.60. The van der Waals surface area contributed by atoms with E-state index in [9.17, 15) is 4.79 Å². The lowest BCUT2D eigenvalue weighted by Crippen LogP contribution is -2.28. The van der Waals surface area contributed by atoms with Gasteiger partial charge in [-0.25, -0.2) is 0 Å². The van der Waals surface area contributed by atoms with E-state index in [0.29, 0.717) is 18.7 Å². The smallest absolute Gasteiger partial charge is 0.241 e. The molecule has 2 aromatic rings. The third-order valence-electron chi connectivity index (χ3n) is 3.63. The maximum absolute atomic E-state index is 12.7. The molecular weight excluding hydrogens is 330 g/mol. The van der Waals surface area contributed by atoms with Crippen molar-refractivity contribution in [3.63, 3.8) is 0 Å². The predicted molar refractivity (Wildman–Crippen MR) is 90.6 cm³/mol. The van der Waals surface area contributed by atoms with Crippen LogP contribution < -0.4 is 4.90 Å². The summed E-state index contributed by atoms with van der Waals surface area (Å²) in [5.74, 6) is 0.833. The minimum atomic E-state index is -0.198. The van der Waals surface area contributed by atoms with Crippen molar-refractivity contribution in [3.05, 3.63) is 35.5 Å². The van der Waals surface area contributed by atoms with Crippen molar-refractivity contribution in [3.8, 4) is 6.07 Å². The van der Waals surface area contributed by atoms with Gasteiger partial charge in [0.15, 0.2) is 5.16 Å². The molecule has 1 saturated heterocycles. The zero-order valence-electron chi connectivity index (χ0n) is 12.6. The second-order valence-corrected chi connectivity index (χ2v) is 7.13. The molecule has 1 fully saturated rings. The molecule has 1 amide bonds. The number of hydrogen-bond donors (Lipinski definition) is 0. The molecule has 3 heterocycles. The van der Waals surface area contributed by atoms with Gasteiger partial charge in [-0.05, 0) is 24.8 Å². The van der Waals surface area contributed by atoms with Crippen molar-refractivity contribution in [2.75, 3.05) is 11.4 Å². The van der Waals surface area contributed by atoms with Crippen molar-refractivity contribution in [2.45, 2.75) is 30.3 Å². The standard InChI is InChI=1S/C15H15N5OS2/c1-3-6-19-10(2)17-18-15(19)23-12-4-7-20(13(12)21)14-11(9-16)5-8-22-14/h3,5,8,12H,1,4,6-7H2,2H3/t12-/m1/s1. The first kappa shape index (κ1) is 15.8. The molecule has 0 spiro atoms. The summed E-state index contributed by atoms with van der Waals surface area (Å²) in [5.41, 5.74) is 0.555. The van der Waals surface area contributed by atoms with Gasteiger partial charge in [0, 0.05) is 13.1 Å². The molecule has 0 bridgehead atoms. The average Bonchev–Trinajstić information content (AvgIpc) is 3.23. The lowest BCUT2D eigenvalue weighted by molar-refractivity contribution is -0.116. The number of rotatable bonds is 5. The molecule has 23 heavy (non-hydrogen) atoms. The van der Waals surface area contributed by atoms with Crippen LogP contribution >= 0.6 is 23.1 Å². The number of thiophene rings is 1. The quantitative estimate of drug-likeness (QED) is 0.779. The third kappa shape index (κ3) is 2.90. The third-order valence-corrected chi connectivity index (χ3v) is 5.80. The zero-order valence-corrected chi connectivity index (χ0v) is 14.2. The fourth-order valence-electron chi connectivity index (χ4n) is 2.48. The molecule has 6 nitrogen and oxygen atoms in total.